The lowest BCUT2D eigenvalue weighted by Gasteiger charge is -2.39. The lowest BCUT2D eigenvalue weighted by atomic mass is 9.77. The van der Waals surface area contributed by atoms with Crippen molar-refractivity contribution >= 4 is 17.2 Å². The van der Waals surface area contributed by atoms with Gasteiger partial charge in [0.15, 0.2) is 0 Å². The molecular weight excluding hydrogens is 316 g/mol. The van der Waals surface area contributed by atoms with Crippen molar-refractivity contribution in [3.05, 3.63) is 58.3 Å². The molecule has 2 aliphatic heterocycles. The molecule has 3 nitrogen and oxygen atoms in total. The van der Waals surface area contributed by atoms with Crippen molar-refractivity contribution in [3.63, 3.8) is 0 Å². The number of hydrogen-bond donors (Lipinski definition) is 0. The molecule has 1 amide bonds. The molecule has 1 aromatic heterocycles. The SMILES string of the molecule is O=C(c1ccsc1)N1CCC2(CCN(Cc3ccccc3)CC2)C1. The van der Waals surface area contributed by atoms with Crippen molar-refractivity contribution in [2.45, 2.75) is 25.8 Å². The summed E-state index contributed by atoms with van der Waals surface area (Å²) in [6.45, 7) is 5.22. The Balaban J connectivity index is 1.33. The molecule has 0 radical (unpaired) electrons. The molecule has 1 spiro atoms. The first-order chi connectivity index (χ1) is 11.7. The van der Waals surface area contributed by atoms with Gasteiger partial charge >= 0.3 is 0 Å². The van der Waals surface area contributed by atoms with Gasteiger partial charge in [-0.05, 0) is 54.8 Å². The maximum atomic E-state index is 12.6. The monoisotopic (exact) mass is 340 g/mol. The van der Waals surface area contributed by atoms with E-state index in [1.807, 2.05) is 16.8 Å². The van der Waals surface area contributed by atoms with Gasteiger partial charge in [-0.3, -0.25) is 9.69 Å². The zero-order valence-corrected chi connectivity index (χ0v) is 14.8. The molecular formula is C20H24N2OS. The fraction of sp³-hybridized carbons (Fsp3) is 0.450. The molecule has 0 unspecified atom stereocenters. The van der Waals surface area contributed by atoms with Crippen molar-refractivity contribution in [3.8, 4) is 0 Å². The molecule has 1 aromatic carbocycles. The Kier molecular flexibility index (Phi) is 4.42. The van der Waals surface area contributed by atoms with Gasteiger partial charge in [0.05, 0.1) is 5.56 Å². The largest absolute Gasteiger partial charge is 0.338 e. The number of thiophene rings is 1. The highest BCUT2D eigenvalue weighted by Gasteiger charge is 2.42. The van der Waals surface area contributed by atoms with Crippen LogP contribution >= 0.6 is 11.3 Å². The summed E-state index contributed by atoms with van der Waals surface area (Å²) < 4.78 is 0. The van der Waals surface area contributed by atoms with Gasteiger partial charge in [-0.2, -0.15) is 11.3 Å². The quantitative estimate of drug-likeness (QED) is 0.847. The second kappa shape index (κ2) is 6.69. The summed E-state index contributed by atoms with van der Waals surface area (Å²) in [7, 11) is 0. The molecule has 0 atom stereocenters. The number of likely N-dealkylation sites (tertiary alicyclic amines) is 2. The van der Waals surface area contributed by atoms with Crippen LogP contribution in [0.1, 0.15) is 35.2 Å². The number of carbonyl (C=O) groups excluding carboxylic acids is 1. The molecule has 2 saturated heterocycles. The molecule has 126 valence electrons. The molecule has 4 rings (SSSR count). The van der Waals surface area contributed by atoms with Gasteiger partial charge in [0.25, 0.3) is 5.91 Å². The van der Waals surface area contributed by atoms with E-state index in [2.05, 4.69) is 40.1 Å². The zero-order valence-electron chi connectivity index (χ0n) is 14.0. The van der Waals surface area contributed by atoms with Gasteiger partial charge in [-0.1, -0.05) is 30.3 Å². The summed E-state index contributed by atoms with van der Waals surface area (Å²) in [5.74, 6) is 0.222. The van der Waals surface area contributed by atoms with Gasteiger partial charge in [-0.15, -0.1) is 0 Å². The van der Waals surface area contributed by atoms with E-state index in [-0.39, 0.29) is 5.91 Å². The van der Waals surface area contributed by atoms with Crippen LogP contribution in [0.5, 0.6) is 0 Å². The third kappa shape index (κ3) is 3.26. The Labute approximate surface area is 147 Å². The fourth-order valence-electron chi connectivity index (χ4n) is 4.11. The Hall–Kier alpha value is -1.65. The Morgan fingerprint density at radius 3 is 2.50 bits per heavy atom. The van der Waals surface area contributed by atoms with E-state index in [4.69, 9.17) is 0 Å². The minimum atomic E-state index is 0.222. The van der Waals surface area contributed by atoms with E-state index >= 15 is 0 Å². The van der Waals surface area contributed by atoms with E-state index in [1.165, 1.54) is 24.8 Å². The van der Waals surface area contributed by atoms with E-state index in [0.29, 0.717) is 5.41 Å². The molecule has 2 aliphatic rings. The van der Waals surface area contributed by atoms with Gasteiger partial charge in [0.2, 0.25) is 0 Å². The standard InChI is InChI=1S/C20H24N2OS/c23-19(18-6-13-24-15-18)22-12-9-20(16-22)7-10-21(11-8-20)14-17-4-2-1-3-5-17/h1-6,13,15H,7-12,14,16H2. The van der Waals surface area contributed by atoms with Crippen LogP contribution in [0.15, 0.2) is 47.2 Å². The molecule has 4 heteroatoms. The molecule has 24 heavy (non-hydrogen) atoms. The second-order valence-electron chi connectivity index (χ2n) is 7.25. The van der Waals surface area contributed by atoms with Gasteiger partial charge < -0.3 is 4.90 Å². The minimum Gasteiger partial charge on any atom is -0.338 e. The van der Waals surface area contributed by atoms with Crippen molar-refractivity contribution in [1.29, 1.82) is 0 Å². The van der Waals surface area contributed by atoms with Crippen LogP contribution in [-0.4, -0.2) is 41.9 Å². The molecule has 2 aromatic rings. The molecule has 0 aliphatic carbocycles. The van der Waals surface area contributed by atoms with Crippen LogP contribution in [0.3, 0.4) is 0 Å². The Morgan fingerprint density at radius 2 is 1.79 bits per heavy atom. The first kappa shape index (κ1) is 15.9. The van der Waals surface area contributed by atoms with Crippen LogP contribution in [-0.2, 0) is 6.54 Å². The Morgan fingerprint density at radius 1 is 1.04 bits per heavy atom. The van der Waals surface area contributed by atoms with Gasteiger partial charge in [0.1, 0.15) is 0 Å². The number of amides is 1. The Bertz CT molecular complexity index is 675. The van der Waals surface area contributed by atoms with Crippen molar-refractivity contribution in [1.82, 2.24) is 9.80 Å². The number of piperidine rings is 1. The minimum absolute atomic E-state index is 0.222. The van der Waals surface area contributed by atoms with E-state index in [9.17, 15) is 4.79 Å². The maximum Gasteiger partial charge on any atom is 0.254 e. The average Bonchev–Trinajstić information content (AvgIpc) is 3.28. The number of carbonyl (C=O) groups is 1. The number of hydrogen-bond acceptors (Lipinski definition) is 3. The predicted octanol–water partition coefficient (Wildman–Crippen LogP) is 3.88. The summed E-state index contributed by atoms with van der Waals surface area (Å²) >= 11 is 1.60. The average molecular weight is 340 g/mol. The molecule has 2 fully saturated rings. The zero-order chi connectivity index (χ0) is 16.4. The summed E-state index contributed by atoms with van der Waals surface area (Å²) in [4.78, 5) is 17.2. The first-order valence-electron chi connectivity index (χ1n) is 8.82. The summed E-state index contributed by atoms with van der Waals surface area (Å²) in [6, 6.07) is 12.7. The normalized spacial score (nSPS) is 20.6. The van der Waals surface area contributed by atoms with Crippen LogP contribution in [0.4, 0.5) is 0 Å². The highest BCUT2D eigenvalue weighted by Crippen LogP contribution is 2.41. The number of rotatable bonds is 3. The summed E-state index contributed by atoms with van der Waals surface area (Å²) in [6.07, 6.45) is 3.60. The smallest absolute Gasteiger partial charge is 0.254 e. The lowest BCUT2D eigenvalue weighted by Crippen LogP contribution is -2.41. The highest BCUT2D eigenvalue weighted by molar-refractivity contribution is 7.08. The van der Waals surface area contributed by atoms with Crippen LogP contribution in [0.25, 0.3) is 0 Å². The second-order valence-corrected chi connectivity index (χ2v) is 8.03. The van der Waals surface area contributed by atoms with Gasteiger partial charge in [0, 0.05) is 25.0 Å². The predicted molar refractivity (Wildman–Crippen MR) is 98.2 cm³/mol. The lowest BCUT2D eigenvalue weighted by molar-refractivity contribution is 0.0714. The third-order valence-electron chi connectivity index (χ3n) is 5.66. The maximum absolute atomic E-state index is 12.6. The van der Waals surface area contributed by atoms with Gasteiger partial charge in [-0.25, -0.2) is 0 Å². The van der Waals surface area contributed by atoms with Crippen LogP contribution in [0, 0.1) is 5.41 Å². The van der Waals surface area contributed by atoms with Crippen LogP contribution < -0.4 is 0 Å². The topological polar surface area (TPSA) is 23.6 Å². The van der Waals surface area contributed by atoms with Crippen LogP contribution in [0.2, 0.25) is 0 Å². The fourth-order valence-corrected chi connectivity index (χ4v) is 4.74. The van der Waals surface area contributed by atoms with Crippen molar-refractivity contribution < 1.29 is 4.79 Å². The summed E-state index contributed by atoms with van der Waals surface area (Å²) in [5.41, 5.74) is 2.62. The molecule has 0 N–H and O–H groups in total. The van der Waals surface area contributed by atoms with E-state index < -0.39 is 0 Å². The molecule has 0 saturated carbocycles. The van der Waals surface area contributed by atoms with Crippen molar-refractivity contribution in [2.75, 3.05) is 26.2 Å². The molecule has 0 bridgehead atoms. The number of nitrogens with zero attached hydrogens (tertiary/aromatic N) is 2. The first-order valence-corrected chi connectivity index (χ1v) is 9.76. The number of benzene rings is 1. The molecule has 3 heterocycles. The van der Waals surface area contributed by atoms with Crippen molar-refractivity contribution in [2.24, 2.45) is 5.41 Å². The van der Waals surface area contributed by atoms with E-state index in [1.54, 1.807) is 11.3 Å². The highest BCUT2D eigenvalue weighted by atomic mass is 32.1. The summed E-state index contributed by atoms with van der Waals surface area (Å²) in [5, 5.41) is 3.96. The third-order valence-corrected chi connectivity index (χ3v) is 6.34. The van der Waals surface area contributed by atoms with E-state index in [0.717, 1.165) is 38.3 Å².